The number of fused-ring (bicyclic) bond motifs is 2. The Balaban J connectivity index is 0.700. The van der Waals surface area contributed by atoms with E-state index in [-0.39, 0.29) is 66.6 Å². The molecule has 0 amide bonds. The highest BCUT2D eigenvalue weighted by Crippen LogP contribution is 2.66. The van der Waals surface area contributed by atoms with Crippen molar-refractivity contribution in [1.82, 2.24) is 9.80 Å². The summed E-state index contributed by atoms with van der Waals surface area (Å²) in [5, 5.41) is 36.9. The van der Waals surface area contributed by atoms with E-state index in [1.54, 1.807) is 12.1 Å². The second-order valence-corrected chi connectivity index (χ2v) is 23.1. The highest BCUT2D eigenvalue weighted by molar-refractivity contribution is 7.27. The predicted octanol–water partition coefficient (Wildman–Crippen LogP) is 5.86. The van der Waals surface area contributed by atoms with Crippen molar-refractivity contribution in [2.45, 2.75) is 137 Å². The molecule has 6 aliphatic carbocycles. The number of likely N-dealkylation sites (tertiary alicyclic amines) is 2. The first-order valence-corrected chi connectivity index (χ1v) is 25.1. The van der Waals surface area contributed by atoms with Gasteiger partial charge in [0, 0.05) is 80.1 Å². The number of esters is 2. The fourth-order valence-corrected chi connectivity index (χ4v) is 16.4. The van der Waals surface area contributed by atoms with E-state index in [9.17, 15) is 34.5 Å². The van der Waals surface area contributed by atoms with Crippen molar-refractivity contribution in [3.05, 3.63) is 68.4 Å². The number of rotatable bonds is 10. The summed E-state index contributed by atoms with van der Waals surface area (Å²) >= 11 is 2.89. The molecule has 4 saturated carbocycles. The topological polar surface area (TPSA) is 163 Å². The van der Waals surface area contributed by atoms with Crippen LogP contribution in [0.3, 0.4) is 0 Å². The molecule has 0 radical (unpaired) electrons. The molecule has 13 rings (SSSR count). The van der Waals surface area contributed by atoms with Crippen LogP contribution in [0.15, 0.2) is 36.4 Å². The minimum absolute atomic E-state index is 0.00262. The molecule has 2 aromatic heterocycles. The molecule has 3 N–H and O–H groups in total. The fourth-order valence-electron chi connectivity index (χ4n) is 14.0. The van der Waals surface area contributed by atoms with Crippen LogP contribution in [0.2, 0.25) is 0 Å². The van der Waals surface area contributed by atoms with Crippen LogP contribution in [0.1, 0.15) is 103 Å². The number of nitrogens with zero attached hydrogens (tertiary/aromatic N) is 2. The molecule has 12 nitrogen and oxygen atoms in total. The predicted molar refractivity (Wildman–Crippen MR) is 237 cm³/mol. The van der Waals surface area contributed by atoms with Crippen molar-refractivity contribution in [2.24, 2.45) is 11.8 Å². The Labute approximate surface area is 378 Å². The first-order valence-electron chi connectivity index (χ1n) is 23.4. The number of carbonyl (C=O) groups excluding carboxylic acids is 4. The van der Waals surface area contributed by atoms with Crippen LogP contribution in [0, 0.1) is 11.8 Å². The van der Waals surface area contributed by atoms with Crippen molar-refractivity contribution in [1.29, 1.82) is 0 Å². The third-order valence-electron chi connectivity index (χ3n) is 17.2. The minimum Gasteiger partial charge on any atom is -0.504 e. The van der Waals surface area contributed by atoms with Crippen LogP contribution in [0.4, 0.5) is 0 Å². The number of phenols is 1. The quantitative estimate of drug-likeness (QED) is 0.129. The Morgan fingerprint density at radius 3 is 1.97 bits per heavy atom. The minimum atomic E-state index is -1.16. The van der Waals surface area contributed by atoms with E-state index in [0.717, 1.165) is 62.0 Å². The molecular weight excluding hydrogens is 853 g/mol. The lowest BCUT2D eigenvalue weighted by molar-refractivity contribution is -0.188. The van der Waals surface area contributed by atoms with Crippen LogP contribution in [-0.4, -0.2) is 104 Å². The van der Waals surface area contributed by atoms with E-state index in [1.165, 1.54) is 48.4 Å². The van der Waals surface area contributed by atoms with Crippen LogP contribution < -0.4 is 14.2 Å². The number of aliphatic hydroxyl groups is 2. The standard InChI is InChI=1S/C50H52N2O10S2/c53-30-9-11-49(58)38-17-28-5-7-34(44(57)42(28)47(49,23-30)13-15-51(38)24-26-1-2-26)60-40(55)21-31-19-36-37(63-31)20-32(64-36)22-41(56)61-35-8-6-29-18-39-50(59)12-10-33(54)46-48(50,43(29)45(35)62-46)14-16-52(39)25-27-3-4-27/h5-8,19-20,26-27,38-39,46,57-59H,1-4,9-18,21-25H2/t38?,39?,46-,47?,48?,49?,50?/m0/s1. The van der Waals surface area contributed by atoms with Crippen molar-refractivity contribution < 1.29 is 48.7 Å². The molecule has 6 fully saturated rings. The monoisotopic (exact) mass is 904 g/mol. The third-order valence-corrected chi connectivity index (χ3v) is 19.5. The van der Waals surface area contributed by atoms with Crippen molar-refractivity contribution >= 4 is 55.6 Å². The van der Waals surface area contributed by atoms with Gasteiger partial charge in [0.15, 0.2) is 34.9 Å². The molecule has 64 heavy (non-hydrogen) atoms. The average molecular weight is 905 g/mol. The first kappa shape index (κ1) is 40.1. The lowest BCUT2D eigenvalue weighted by Gasteiger charge is -2.63. The number of ether oxygens (including phenoxy) is 3. The molecule has 5 heterocycles. The zero-order valence-electron chi connectivity index (χ0n) is 35.7. The number of hydrogen-bond acceptors (Lipinski definition) is 14. The Morgan fingerprint density at radius 1 is 0.734 bits per heavy atom. The number of benzene rings is 2. The summed E-state index contributed by atoms with van der Waals surface area (Å²) in [7, 11) is 0. The van der Waals surface area contributed by atoms with Gasteiger partial charge in [-0.15, -0.1) is 22.7 Å². The molecule has 3 aliphatic heterocycles. The molecule has 334 valence electrons. The van der Waals surface area contributed by atoms with Crippen LogP contribution in [-0.2, 0) is 55.7 Å². The summed E-state index contributed by atoms with van der Waals surface area (Å²) in [6, 6.07) is 11.0. The van der Waals surface area contributed by atoms with E-state index in [2.05, 4.69) is 9.80 Å². The van der Waals surface area contributed by atoms with Gasteiger partial charge in [-0.25, -0.2) is 0 Å². The van der Waals surface area contributed by atoms with Gasteiger partial charge in [-0.05, 0) is 125 Å². The smallest absolute Gasteiger partial charge is 0.316 e. The largest absolute Gasteiger partial charge is 0.504 e. The number of Topliss-reactive ketones (excluding diaryl/α,β-unsaturated/α-hetero) is 2. The van der Waals surface area contributed by atoms with Gasteiger partial charge in [-0.2, -0.15) is 0 Å². The molecule has 14 heteroatoms. The molecule has 6 unspecified atom stereocenters. The Morgan fingerprint density at radius 2 is 1.31 bits per heavy atom. The number of ketones is 2. The lowest BCUT2D eigenvalue weighted by atomic mass is 9.49. The van der Waals surface area contributed by atoms with Crippen molar-refractivity contribution in [3.63, 3.8) is 0 Å². The number of hydrogen-bond donors (Lipinski definition) is 3. The van der Waals surface area contributed by atoms with Crippen molar-refractivity contribution in [3.8, 4) is 23.0 Å². The second-order valence-electron chi connectivity index (χ2n) is 20.7. The SMILES string of the molecule is O=C1CCC2(O)C3Cc4ccc(OC(=O)Cc5cc6sc(CC(=O)Oc7ccc8c9c7O[C@H]7C(=O)CCC%10(O)C(C8)N(CC8CC8)CCC97%10)cc6s5)c(O)c4C2(CCN3CC2CC2)C1. The zero-order chi connectivity index (χ0) is 43.5. The van der Waals surface area contributed by atoms with Crippen LogP contribution in [0.25, 0.3) is 9.40 Å². The summed E-state index contributed by atoms with van der Waals surface area (Å²) in [5.41, 5.74) is -0.633. The van der Waals surface area contributed by atoms with E-state index >= 15 is 0 Å². The number of aromatic hydroxyl groups is 1. The Kier molecular flexibility index (Phi) is 8.73. The van der Waals surface area contributed by atoms with Gasteiger partial charge < -0.3 is 29.5 Å². The Bertz CT molecular complexity index is 2690. The highest BCUT2D eigenvalue weighted by atomic mass is 32.1. The summed E-state index contributed by atoms with van der Waals surface area (Å²) in [6.45, 7) is 3.48. The van der Waals surface area contributed by atoms with Gasteiger partial charge in [0.1, 0.15) is 5.78 Å². The summed E-state index contributed by atoms with van der Waals surface area (Å²) in [6.07, 6.45) is 8.04. The maximum atomic E-state index is 13.6. The first-order chi connectivity index (χ1) is 30.9. The summed E-state index contributed by atoms with van der Waals surface area (Å²) in [4.78, 5) is 60.1. The van der Waals surface area contributed by atoms with Gasteiger partial charge in [0.05, 0.1) is 29.5 Å². The van der Waals surface area contributed by atoms with E-state index in [4.69, 9.17) is 14.2 Å². The normalized spacial score (nSPS) is 33.6. The van der Waals surface area contributed by atoms with E-state index in [1.807, 2.05) is 24.3 Å². The van der Waals surface area contributed by atoms with Gasteiger partial charge in [0.25, 0.3) is 0 Å². The molecule has 2 aromatic carbocycles. The number of piperidine rings is 2. The summed E-state index contributed by atoms with van der Waals surface area (Å²) in [5.74, 6) is 1.03. The number of thiophene rings is 2. The molecule has 4 bridgehead atoms. The Hall–Kier alpha value is -4.18. The van der Waals surface area contributed by atoms with Gasteiger partial charge in [0.2, 0.25) is 0 Å². The van der Waals surface area contributed by atoms with E-state index < -0.39 is 40.1 Å². The lowest BCUT2D eigenvalue weighted by Crippen LogP contribution is -2.76. The van der Waals surface area contributed by atoms with E-state index in [0.29, 0.717) is 68.1 Å². The maximum Gasteiger partial charge on any atom is 0.316 e. The average Bonchev–Trinajstić information content (AvgIpc) is 4.15. The fraction of sp³-hybridized carbons (Fsp3) is 0.560. The summed E-state index contributed by atoms with van der Waals surface area (Å²) < 4.78 is 20.2. The van der Waals surface area contributed by atoms with Crippen LogP contribution >= 0.6 is 22.7 Å². The molecule has 4 aromatic rings. The molecule has 2 saturated heterocycles. The molecular formula is C50H52N2O10S2. The number of carbonyl (C=O) groups is 4. The zero-order valence-corrected chi connectivity index (χ0v) is 37.3. The van der Waals surface area contributed by atoms with Gasteiger partial charge >= 0.3 is 11.9 Å². The molecule has 9 aliphatic rings. The van der Waals surface area contributed by atoms with Crippen molar-refractivity contribution in [2.75, 3.05) is 26.2 Å². The number of phenolic OH excluding ortho intramolecular Hbond substituents is 1. The van der Waals surface area contributed by atoms with Gasteiger partial charge in [-0.1, -0.05) is 12.1 Å². The molecule has 7 atom stereocenters. The second kappa shape index (κ2) is 13.9. The molecule has 1 spiro atoms. The van der Waals surface area contributed by atoms with Gasteiger partial charge in [-0.3, -0.25) is 29.0 Å². The maximum absolute atomic E-state index is 13.6. The third kappa shape index (κ3) is 5.71. The highest BCUT2D eigenvalue weighted by Gasteiger charge is 2.73. The van der Waals surface area contributed by atoms with Crippen LogP contribution in [0.5, 0.6) is 23.0 Å².